The molecule has 11 heteroatoms. The van der Waals surface area contributed by atoms with Crippen LogP contribution in [0.4, 0.5) is 10.1 Å². The van der Waals surface area contributed by atoms with E-state index in [-0.39, 0.29) is 45.2 Å². The van der Waals surface area contributed by atoms with Gasteiger partial charge in [-0.2, -0.15) is 0 Å². The van der Waals surface area contributed by atoms with Crippen molar-refractivity contribution >= 4 is 50.7 Å². The Labute approximate surface area is 280 Å². The maximum absolute atomic E-state index is 15.1. The molecule has 46 heavy (non-hydrogen) atoms. The number of anilines is 1. The molecular weight excluding hydrogens is 648 g/mol. The normalized spacial score (nSPS) is 12.7. The summed E-state index contributed by atoms with van der Waals surface area (Å²) in [5.74, 6) is -1.75. The number of amides is 2. The zero-order chi connectivity index (χ0) is 33.4. The maximum atomic E-state index is 15.1. The second kappa shape index (κ2) is 15.6. The van der Waals surface area contributed by atoms with Crippen molar-refractivity contribution in [2.75, 3.05) is 10.8 Å². The Morgan fingerprint density at radius 2 is 1.57 bits per heavy atom. The van der Waals surface area contributed by atoms with Crippen LogP contribution in [0.5, 0.6) is 0 Å². The van der Waals surface area contributed by atoms with E-state index in [1.165, 1.54) is 53.4 Å². The van der Waals surface area contributed by atoms with Crippen LogP contribution in [-0.2, 0) is 32.6 Å². The van der Waals surface area contributed by atoms with Gasteiger partial charge in [-0.1, -0.05) is 96.4 Å². The summed E-state index contributed by atoms with van der Waals surface area (Å²) in [6, 6.07) is 24.2. The zero-order valence-electron chi connectivity index (χ0n) is 25.8. The Morgan fingerprint density at radius 3 is 2.22 bits per heavy atom. The summed E-state index contributed by atoms with van der Waals surface area (Å²) in [6.45, 7) is 4.55. The van der Waals surface area contributed by atoms with Crippen molar-refractivity contribution in [1.29, 1.82) is 0 Å². The molecule has 0 aliphatic rings. The van der Waals surface area contributed by atoms with E-state index in [9.17, 15) is 18.0 Å². The minimum absolute atomic E-state index is 0.0161. The van der Waals surface area contributed by atoms with Gasteiger partial charge in [0.1, 0.15) is 18.4 Å². The highest BCUT2D eigenvalue weighted by atomic mass is 35.5. The topological polar surface area (TPSA) is 86.8 Å². The van der Waals surface area contributed by atoms with Crippen LogP contribution < -0.4 is 9.62 Å². The lowest BCUT2D eigenvalue weighted by atomic mass is 10.0. The van der Waals surface area contributed by atoms with Gasteiger partial charge in [0, 0.05) is 29.6 Å². The summed E-state index contributed by atoms with van der Waals surface area (Å²) in [7, 11) is -4.38. The van der Waals surface area contributed by atoms with Gasteiger partial charge in [-0.3, -0.25) is 13.9 Å². The minimum Gasteiger partial charge on any atom is -0.352 e. The highest BCUT2D eigenvalue weighted by Crippen LogP contribution is 2.33. The lowest BCUT2D eigenvalue weighted by molar-refractivity contribution is -0.140. The number of hydrogen-bond donors (Lipinski definition) is 1. The van der Waals surface area contributed by atoms with E-state index in [2.05, 4.69) is 5.32 Å². The molecule has 0 heterocycles. The maximum Gasteiger partial charge on any atom is 0.264 e. The molecule has 242 valence electrons. The first-order valence-corrected chi connectivity index (χ1v) is 17.0. The molecule has 0 saturated carbocycles. The standard InChI is InChI=1S/C35H36Cl2FN3O4S/c1-4-25(3)39-35(43)33(20-26-10-6-5-7-11-26)40(22-27-12-8-9-13-31(27)38)34(42)23-41(32-21-28(36)16-19-30(32)37)46(44,45)29-17-14-24(2)15-18-29/h5-19,21,25,33H,4,20,22-23H2,1-3H3,(H,39,43). The molecule has 7 nitrogen and oxygen atoms in total. The fourth-order valence-electron chi connectivity index (χ4n) is 4.83. The van der Waals surface area contributed by atoms with Gasteiger partial charge in [0.2, 0.25) is 11.8 Å². The molecule has 0 spiro atoms. The van der Waals surface area contributed by atoms with E-state index < -0.39 is 40.2 Å². The predicted molar refractivity (Wildman–Crippen MR) is 181 cm³/mol. The van der Waals surface area contributed by atoms with Crippen LogP contribution in [0.15, 0.2) is 102 Å². The Hall–Kier alpha value is -3.92. The van der Waals surface area contributed by atoms with Crippen LogP contribution in [0.2, 0.25) is 10.0 Å². The molecule has 4 aromatic carbocycles. The van der Waals surface area contributed by atoms with Crippen molar-refractivity contribution in [1.82, 2.24) is 10.2 Å². The number of carbonyl (C=O) groups is 2. The van der Waals surface area contributed by atoms with Crippen LogP contribution >= 0.6 is 23.2 Å². The third kappa shape index (κ3) is 8.66. The van der Waals surface area contributed by atoms with Crippen molar-refractivity contribution < 1.29 is 22.4 Å². The van der Waals surface area contributed by atoms with E-state index in [4.69, 9.17) is 23.2 Å². The smallest absolute Gasteiger partial charge is 0.264 e. The fraction of sp³-hybridized carbons (Fsp3) is 0.257. The summed E-state index contributed by atoms with van der Waals surface area (Å²) < 4.78 is 44.3. The summed E-state index contributed by atoms with van der Waals surface area (Å²) in [4.78, 5) is 29.5. The molecule has 0 radical (unpaired) electrons. The average Bonchev–Trinajstić information content (AvgIpc) is 3.04. The van der Waals surface area contributed by atoms with E-state index in [1.54, 1.807) is 18.2 Å². The van der Waals surface area contributed by atoms with Crippen molar-refractivity contribution in [2.24, 2.45) is 0 Å². The van der Waals surface area contributed by atoms with Gasteiger partial charge in [0.15, 0.2) is 0 Å². The van der Waals surface area contributed by atoms with Gasteiger partial charge >= 0.3 is 0 Å². The monoisotopic (exact) mass is 683 g/mol. The second-order valence-corrected chi connectivity index (χ2v) is 13.8. The molecule has 0 fully saturated rings. The third-order valence-electron chi connectivity index (χ3n) is 7.64. The first-order valence-electron chi connectivity index (χ1n) is 14.8. The Bertz CT molecular complexity index is 1770. The zero-order valence-corrected chi connectivity index (χ0v) is 28.1. The highest BCUT2D eigenvalue weighted by Gasteiger charge is 2.36. The molecule has 0 aliphatic carbocycles. The van der Waals surface area contributed by atoms with Gasteiger partial charge in [0.25, 0.3) is 10.0 Å². The number of aryl methyl sites for hydroxylation is 1. The van der Waals surface area contributed by atoms with Crippen LogP contribution in [0.1, 0.15) is 37.0 Å². The molecule has 4 aromatic rings. The Kier molecular flexibility index (Phi) is 11.8. The Morgan fingerprint density at radius 1 is 0.913 bits per heavy atom. The number of benzene rings is 4. The van der Waals surface area contributed by atoms with Crippen molar-refractivity contribution in [2.45, 2.75) is 57.1 Å². The molecule has 4 rings (SSSR count). The van der Waals surface area contributed by atoms with Crippen LogP contribution in [0, 0.1) is 12.7 Å². The quantitative estimate of drug-likeness (QED) is 0.162. The summed E-state index contributed by atoms with van der Waals surface area (Å²) in [5.41, 5.74) is 1.76. The van der Waals surface area contributed by atoms with Crippen LogP contribution in [-0.4, -0.2) is 43.8 Å². The number of sulfonamides is 1. The predicted octanol–water partition coefficient (Wildman–Crippen LogP) is 7.19. The lowest BCUT2D eigenvalue weighted by Gasteiger charge is -2.34. The summed E-state index contributed by atoms with van der Waals surface area (Å²) in [6.07, 6.45) is 0.743. The number of hydrogen-bond acceptors (Lipinski definition) is 4. The number of rotatable bonds is 13. The number of carbonyl (C=O) groups excluding carboxylic acids is 2. The molecule has 1 N–H and O–H groups in total. The fourth-order valence-corrected chi connectivity index (χ4v) is 6.69. The Balaban J connectivity index is 1.85. The van der Waals surface area contributed by atoms with Crippen LogP contribution in [0.3, 0.4) is 0 Å². The minimum atomic E-state index is -4.38. The molecule has 0 aliphatic heterocycles. The van der Waals surface area contributed by atoms with Gasteiger partial charge < -0.3 is 10.2 Å². The second-order valence-electron chi connectivity index (χ2n) is 11.1. The lowest BCUT2D eigenvalue weighted by Crippen LogP contribution is -2.54. The molecular formula is C35H36Cl2FN3O4S. The molecule has 2 atom stereocenters. The number of nitrogens with zero attached hydrogens (tertiary/aromatic N) is 2. The van der Waals surface area contributed by atoms with Gasteiger partial charge in [-0.15, -0.1) is 0 Å². The van der Waals surface area contributed by atoms with E-state index in [0.29, 0.717) is 6.42 Å². The van der Waals surface area contributed by atoms with Gasteiger partial charge in [-0.25, -0.2) is 12.8 Å². The van der Waals surface area contributed by atoms with E-state index in [1.807, 2.05) is 51.1 Å². The van der Waals surface area contributed by atoms with Crippen molar-refractivity contribution in [3.8, 4) is 0 Å². The first-order chi connectivity index (χ1) is 21.9. The summed E-state index contributed by atoms with van der Waals surface area (Å²) in [5, 5.41) is 3.20. The van der Waals surface area contributed by atoms with Gasteiger partial charge in [0.05, 0.1) is 15.6 Å². The van der Waals surface area contributed by atoms with Crippen molar-refractivity contribution in [3.63, 3.8) is 0 Å². The van der Waals surface area contributed by atoms with E-state index in [0.717, 1.165) is 15.4 Å². The molecule has 2 amide bonds. The third-order valence-corrected chi connectivity index (χ3v) is 9.96. The molecule has 0 aromatic heterocycles. The highest BCUT2D eigenvalue weighted by molar-refractivity contribution is 7.92. The van der Waals surface area contributed by atoms with Crippen molar-refractivity contribution in [3.05, 3.63) is 130 Å². The number of halogens is 3. The SMILES string of the molecule is CCC(C)NC(=O)C(Cc1ccccc1)N(Cc1ccccc1F)C(=O)CN(c1cc(Cl)ccc1Cl)S(=O)(=O)c1ccc(C)cc1. The van der Waals surface area contributed by atoms with Crippen LogP contribution in [0.25, 0.3) is 0 Å². The average molecular weight is 685 g/mol. The molecule has 0 bridgehead atoms. The van der Waals surface area contributed by atoms with Gasteiger partial charge in [-0.05, 0) is 62.2 Å². The molecule has 0 saturated heterocycles. The molecule has 2 unspecified atom stereocenters. The first kappa shape index (κ1) is 34.9. The number of nitrogens with one attached hydrogen (secondary N) is 1. The largest absolute Gasteiger partial charge is 0.352 e. The summed E-state index contributed by atoms with van der Waals surface area (Å²) >= 11 is 12.8. The van der Waals surface area contributed by atoms with E-state index >= 15 is 4.39 Å².